The molecule has 4 aromatic rings. The number of piperidine rings is 4. The average molecular weight is 1300 g/mol. The summed E-state index contributed by atoms with van der Waals surface area (Å²) in [4.78, 5) is 80.6. The van der Waals surface area contributed by atoms with Gasteiger partial charge in [-0.1, -0.05) is 89.4 Å². The van der Waals surface area contributed by atoms with Crippen LogP contribution in [0.4, 0.5) is 46.0 Å². The van der Waals surface area contributed by atoms with Crippen molar-refractivity contribution in [3.05, 3.63) is 58.3 Å². The number of carbonyl (C=O) groups is 6. The highest BCUT2D eigenvalue weighted by Crippen LogP contribution is 2.36. The van der Waals surface area contributed by atoms with Gasteiger partial charge in [-0.15, -0.1) is 12.4 Å². The Balaban J connectivity index is 0.000000259. The lowest BCUT2D eigenvalue weighted by molar-refractivity contribution is -0.143. The number of hydrogen-bond acceptors (Lipinski definition) is 17. The second-order valence-corrected chi connectivity index (χ2v) is 28.1. The number of alkyl halides is 3. The summed E-state index contributed by atoms with van der Waals surface area (Å²) in [5, 5.41) is 32.1. The highest BCUT2D eigenvalue weighted by atomic mass is 35.5. The minimum atomic E-state index is -4.51. The third-order valence-corrected chi connectivity index (χ3v) is 14.6. The van der Waals surface area contributed by atoms with Gasteiger partial charge in [-0.05, 0) is 106 Å². The number of nitrogens with one attached hydrogen (secondary N) is 4. The second-order valence-electron chi connectivity index (χ2n) is 27.7. The number of aliphatic carboxylic acids is 1. The van der Waals surface area contributed by atoms with Gasteiger partial charge in [0.05, 0.1) is 34.3 Å². The fraction of sp³-hybridized carbons (Fsp3) is 0.672. The minimum Gasteiger partial charge on any atom is -0.481 e. The summed E-state index contributed by atoms with van der Waals surface area (Å²) in [6.45, 7) is 33.4. The summed E-state index contributed by atoms with van der Waals surface area (Å²) < 4.78 is 64.8. The van der Waals surface area contributed by atoms with Crippen LogP contribution in [0, 0.1) is 23.7 Å². The van der Waals surface area contributed by atoms with Crippen LogP contribution >= 0.6 is 24.0 Å². The predicted octanol–water partition coefficient (Wildman–Crippen LogP) is 12.5. The molecule has 0 aliphatic carbocycles. The Morgan fingerprint density at radius 2 is 0.955 bits per heavy atom. The molecule has 23 nitrogen and oxygen atoms in total. The predicted molar refractivity (Wildman–Crippen MR) is 332 cm³/mol. The van der Waals surface area contributed by atoms with Crippen molar-refractivity contribution in [2.75, 3.05) is 73.2 Å². The summed E-state index contributed by atoms with van der Waals surface area (Å²) in [6.07, 6.45) is 1.61. The highest BCUT2D eigenvalue weighted by Gasteiger charge is 2.36. The Kier molecular flexibility index (Phi) is 26.4. The quantitative estimate of drug-likeness (QED) is 0.110. The molecule has 0 radical (unpaired) electrons. The van der Waals surface area contributed by atoms with E-state index < -0.39 is 40.9 Å². The Hall–Kier alpha value is -6.67. The molecular formula is C61H92Cl2F3N11O12. The van der Waals surface area contributed by atoms with Crippen molar-refractivity contribution in [3.8, 4) is 0 Å². The van der Waals surface area contributed by atoms with Crippen molar-refractivity contribution in [1.82, 2.24) is 35.6 Å². The number of likely N-dealkylation sites (tertiary alicyclic amines) is 2. The molecule has 4 aromatic heterocycles. The third kappa shape index (κ3) is 24.2. The first-order valence-electron chi connectivity index (χ1n) is 29.9. The molecular weight excluding hydrogens is 1210 g/mol. The topological polar surface area (TPSA) is 290 Å². The Morgan fingerprint density at radius 3 is 1.31 bits per heavy atom. The van der Waals surface area contributed by atoms with E-state index in [1.807, 2.05) is 83.1 Å². The van der Waals surface area contributed by atoms with Crippen molar-refractivity contribution in [2.24, 2.45) is 23.7 Å². The summed E-state index contributed by atoms with van der Waals surface area (Å²) in [6, 6.07) is 6.09. The molecule has 0 spiro atoms. The van der Waals surface area contributed by atoms with Crippen LogP contribution in [0.15, 0.2) is 44.0 Å². The zero-order chi connectivity index (χ0) is 65.7. The number of ether oxygens (including phenoxy) is 2. The number of carbonyl (C=O) groups excluding carboxylic acids is 5. The van der Waals surface area contributed by atoms with E-state index in [0.717, 1.165) is 63.2 Å². The van der Waals surface area contributed by atoms with Crippen molar-refractivity contribution in [3.63, 3.8) is 0 Å². The van der Waals surface area contributed by atoms with Crippen LogP contribution < -0.4 is 26.2 Å². The van der Waals surface area contributed by atoms with Crippen molar-refractivity contribution in [1.29, 1.82) is 0 Å². The van der Waals surface area contributed by atoms with Gasteiger partial charge in [0.1, 0.15) is 34.3 Å². The number of amides is 5. The van der Waals surface area contributed by atoms with Gasteiger partial charge in [0, 0.05) is 86.5 Å². The SMILES string of the molecule is CC(C)(C)OC(=O)N1CCCC(C(=O)Nc2cc(C(C)(C)C)on2)C1.CC(C)(C)OC(=O)N1CCCC(C(=O)O)C1.CC(C)(C)c1cc(NC(=O)C2CCCN(c3ncc(C(F)(F)F)cc3Cl)C2)no1.CC(C)(C)c1cc(NC(=O)C2CCCNC2)no1.Cl. The normalized spacial score (nSPS) is 19.2. The first-order chi connectivity index (χ1) is 40.7. The molecule has 89 heavy (non-hydrogen) atoms. The number of carboxylic acids is 1. The van der Waals surface area contributed by atoms with Gasteiger partial charge in [0.25, 0.3) is 0 Å². The summed E-state index contributed by atoms with van der Waals surface area (Å²) >= 11 is 6.04. The smallest absolute Gasteiger partial charge is 0.417 e. The van der Waals surface area contributed by atoms with E-state index in [1.165, 1.54) is 4.90 Å². The monoisotopic (exact) mass is 1300 g/mol. The maximum Gasteiger partial charge on any atom is 0.417 e. The highest BCUT2D eigenvalue weighted by molar-refractivity contribution is 6.33. The number of hydrogen-bond donors (Lipinski definition) is 5. The standard InChI is InChI=1S/C19H22ClF3N4O2.C18H29N3O4.C13H21N3O2.C11H19NO4.ClH/c1-18(2,3)14-8-15(26-29-14)25-17(28)11-5-4-6-27(10-11)16-13(20)7-12(9-24-16)19(21,22)23;1-17(2,3)13-10-14(20-25-13)19-15(22)12-8-7-9-21(11-12)16(23)24-18(4,5)6;1-13(2,3)10-7-11(16-18-10)15-12(17)9-5-4-6-14-8-9;1-11(2,3)16-10(15)12-6-4-5-8(7-12)9(13)14;/h7-9,11H,4-6,10H2,1-3H3,(H,25,26,28);10,12H,7-9,11H2,1-6H3,(H,19,20,22);7,9,14H,4-6,8H2,1-3H3,(H,15,16,17);8H,4-7H2,1-3H3,(H,13,14);1H. The first kappa shape index (κ1) is 74.8. The molecule has 4 aliphatic rings. The van der Waals surface area contributed by atoms with Crippen molar-refractivity contribution >= 4 is 83.2 Å². The molecule has 4 aliphatic heterocycles. The van der Waals surface area contributed by atoms with Gasteiger partial charge >= 0.3 is 24.3 Å². The first-order valence-corrected chi connectivity index (χ1v) is 30.3. The Labute approximate surface area is 530 Å². The largest absolute Gasteiger partial charge is 0.481 e. The zero-order valence-corrected chi connectivity index (χ0v) is 55.6. The van der Waals surface area contributed by atoms with Crippen molar-refractivity contribution in [2.45, 2.75) is 189 Å². The van der Waals surface area contributed by atoms with Crippen LogP contribution in [0.25, 0.3) is 0 Å². The third-order valence-electron chi connectivity index (χ3n) is 14.3. The zero-order valence-electron chi connectivity index (χ0n) is 54.0. The molecule has 5 amide bonds. The molecule has 0 aromatic carbocycles. The van der Waals surface area contributed by atoms with Crippen LogP contribution in [0.3, 0.4) is 0 Å². The summed E-state index contributed by atoms with van der Waals surface area (Å²) in [5.74, 6) is 1.36. The van der Waals surface area contributed by atoms with Gasteiger partial charge in [-0.3, -0.25) is 19.2 Å². The van der Waals surface area contributed by atoms with E-state index in [2.05, 4.69) is 41.7 Å². The van der Waals surface area contributed by atoms with E-state index in [0.29, 0.717) is 81.0 Å². The van der Waals surface area contributed by atoms with Crippen LogP contribution in [0.2, 0.25) is 5.02 Å². The molecule has 0 bridgehead atoms. The number of rotatable bonds is 8. The summed E-state index contributed by atoms with van der Waals surface area (Å²) in [5.41, 5.74) is -2.48. The van der Waals surface area contributed by atoms with Gasteiger partial charge < -0.3 is 64.1 Å². The second kappa shape index (κ2) is 31.4. The molecule has 498 valence electrons. The van der Waals surface area contributed by atoms with E-state index in [9.17, 15) is 41.9 Å². The van der Waals surface area contributed by atoms with E-state index in [4.69, 9.17) is 39.8 Å². The lowest BCUT2D eigenvalue weighted by Gasteiger charge is -2.33. The van der Waals surface area contributed by atoms with Gasteiger partial charge in [-0.25, -0.2) is 14.6 Å². The molecule has 28 heteroatoms. The number of nitrogens with zero attached hydrogens (tertiary/aromatic N) is 7. The molecule has 4 saturated heterocycles. The van der Waals surface area contributed by atoms with E-state index >= 15 is 0 Å². The number of carboxylic acid groups (broad SMARTS) is 1. The molecule has 4 fully saturated rings. The fourth-order valence-electron chi connectivity index (χ4n) is 9.38. The van der Waals surface area contributed by atoms with E-state index in [-0.39, 0.29) is 87.6 Å². The minimum absolute atomic E-state index is 0. The maximum atomic E-state index is 12.8. The van der Waals surface area contributed by atoms with E-state index in [1.54, 1.807) is 48.8 Å². The van der Waals surface area contributed by atoms with Gasteiger partial charge in [-0.2, -0.15) is 13.2 Å². The van der Waals surface area contributed by atoms with Gasteiger partial charge in [0.2, 0.25) is 17.7 Å². The van der Waals surface area contributed by atoms with Gasteiger partial charge in [0.15, 0.2) is 17.5 Å². The number of halogens is 5. The number of aromatic nitrogens is 4. The Bertz CT molecular complexity index is 2990. The molecule has 5 N–H and O–H groups in total. The Morgan fingerprint density at radius 1 is 0.573 bits per heavy atom. The van der Waals surface area contributed by atoms with Crippen LogP contribution in [0.5, 0.6) is 0 Å². The number of pyridine rings is 1. The lowest BCUT2D eigenvalue weighted by atomic mass is 9.93. The molecule has 8 rings (SSSR count). The van der Waals surface area contributed by atoms with Crippen LogP contribution in [-0.4, -0.2) is 135 Å². The van der Waals surface area contributed by atoms with Crippen LogP contribution in [-0.2, 0) is 51.1 Å². The molecule has 8 heterocycles. The summed E-state index contributed by atoms with van der Waals surface area (Å²) in [7, 11) is 0. The molecule has 0 saturated carbocycles. The average Bonchev–Trinajstić information content (AvgIpc) is 3.17. The van der Waals surface area contributed by atoms with Crippen molar-refractivity contribution < 1.29 is 70.1 Å². The maximum absolute atomic E-state index is 12.8. The molecule has 4 atom stereocenters. The number of anilines is 4. The fourth-order valence-corrected chi connectivity index (χ4v) is 9.67. The lowest BCUT2D eigenvalue weighted by Crippen LogP contribution is -2.45. The van der Waals surface area contributed by atoms with Crippen LogP contribution in [0.1, 0.15) is 178 Å². The molecule has 4 unspecified atom stereocenters.